The van der Waals surface area contributed by atoms with Gasteiger partial charge in [-0.25, -0.2) is 14.8 Å². The summed E-state index contributed by atoms with van der Waals surface area (Å²) in [5.74, 6) is 7.52. The molecule has 7 aromatic rings. The van der Waals surface area contributed by atoms with Gasteiger partial charge in [0.2, 0.25) is 11.8 Å². The number of carbonyl (C=O) groups is 4. The van der Waals surface area contributed by atoms with Gasteiger partial charge in [0.1, 0.15) is 11.6 Å². The molecule has 15 nitrogen and oxygen atoms in total. The maximum absolute atomic E-state index is 13.7. The second-order valence-electron chi connectivity index (χ2n) is 20.5. The van der Waals surface area contributed by atoms with Gasteiger partial charge >= 0.3 is 5.97 Å². The first-order chi connectivity index (χ1) is 36.0. The van der Waals surface area contributed by atoms with Crippen molar-refractivity contribution in [2.75, 3.05) is 54.4 Å². The van der Waals surface area contributed by atoms with Gasteiger partial charge in [-0.2, -0.15) is 5.10 Å². The molecule has 3 aliphatic heterocycles. The van der Waals surface area contributed by atoms with Gasteiger partial charge in [-0.1, -0.05) is 53.5 Å². The van der Waals surface area contributed by atoms with Crippen LogP contribution in [0.2, 0.25) is 0 Å². The van der Waals surface area contributed by atoms with E-state index in [1.165, 1.54) is 11.3 Å². The van der Waals surface area contributed by atoms with Crippen molar-refractivity contribution in [3.8, 4) is 28.7 Å². The number of nitrogens with zero attached hydrogens (tertiary/aromatic N) is 7. The molecule has 6 heterocycles. The fraction of sp³-hybridized carbons (Fsp3) is 0.362. The van der Waals surface area contributed by atoms with Crippen molar-refractivity contribution in [2.45, 2.75) is 70.4 Å². The van der Waals surface area contributed by atoms with E-state index >= 15 is 0 Å². The molecule has 12 rings (SSSR count). The first kappa shape index (κ1) is 47.4. The predicted octanol–water partition coefficient (Wildman–Crippen LogP) is 8.60. The van der Waals surface area contributed by atoms with Crippen molar-refractivity contribution < 1.29 is 29.0 Å². The third-order valence-corrected chi connectivity index (χ3v) is 16.9. The van der Waals surface area contributed by atoms with Crippen molar-refractivity contribution in [1.29, 1.82) is 0 Å². The highest BCUT2D eigenvalue weighted by molar-refractivity contribution is 7.22. The molecule has 4 aromatic carbocycles. The summed E-state index contributed by atoms with van der Waals surface area (Å²) in [4.78, 5) is 67.2. The predicted molar refractivity (Wildman–Crippen MR) is 286 cm³/mol. The first-order valence-electron chi connectivity index (χ1n) is 25.8. The molecule has 16 heteroatoms. The Bertz CT molecular complexity index is 3420. The van der Waals surface area contributed by atoms with Crippen molar-refractivity contribution in [1.82, 2.24) is 30.0 Å². The number of carbonyl (C=O) groups excluding carboxylic acids is 3. The van der Waals surface area contributed by atoms with Gasteiger partial charge < -0.3 is 19.6 Å². The molecule has 1 saturated carbocycles. The number of aromatic carboxylic acids is 1. The number of benzene rings is 4. The summed E-state index contributed by atoms with van der Waals surface area (Å²) >= 11 is 1.44. The quantitative estimate of drug-likeness (QED) is 0.0787. The van der Waals surface area contributed by atoms with Gasteiger partial charge in [0.25, 0.3) is 5.91 Å². The lowest BCUT2D eigenvalue weighted by atomic mass is 9.70. The number of para-hydroxylation sites is 1. The van der Waals surface area contributed by atoms with Crippen LogP contribution in [0.1, 0.15) is 87.7 Å². The van der Waals surface area contributed by atoms with Crippen LogP contribution in [-0.4, -0.2) is 98.8 Å². The number of aromatic nitrogens is 4. The van der Waals surface area contributed by atoms with E-state index < -0.39 is 11.9 Å². The van der Waals surface area contributed by atoms with Gasteiger partial charge in [0.15, 0.2) is 10.8 Å². The van der Waals surface area contributed by atoms with Crippen LogP contribution >= 0.6 is 11.3 Å². The van der Waals surface area contributed by atoms with Crippen LogP contribution in [0.25, 0.3) is 32.2 Å². The third kappa shape index (κ3) is 9.23. The maximum Gasteiger partial charge on any atom is 0.355 e. The fourth-order valence-corrected chi connectivity index (χ4v) is 12.8. The van der Waals surface area contributed by atoms with E-state index in [-0.39, 0.29) is 29.5 Å². The monoisotopic (exact) mass is 1010 g/mol. The Morgan fingerprint density at radius 2 is 1.68 bits per heavy atom. The lowest BCUT2D eigenvalue weighted by Crippen LogP contribution is -2.49. The van der Waals surface area contributed by atoms with E-state index in [9.17, 15) is 24.3 Å². The number of piperazine rings is 1. The molecule has 0 bridgehead atoms. The highest BCUT2D eigenvalue weighted by Gasteiger charge is 2.37. The summed E-state index contributed by atoms with van der Waals surface area (Å²) in [5, 5.41) is 22.2. The number of hydrogen-bond donors (Lipinski definition) is 3. The summed E-state index contributed by atoms with van der Waals surface area (Å²) in [6.45, 7) is 7.82. The van der Waals surface area contributed by atoms with E-state index in [1.54, 1.807) is 0 Å². The highest BCUT2D eigenvalue weighted by atomic mass is 32.1. The molecule has 1 unspecified atom stereocenters. The minimum atomic E-state index is -1.10. The van der Waals surface area contributed by atoms with Crippen LogP contribution in [0.15, 0.2) is 91.0 Å². The maximum atomic E-state index is 13.7. The van der Waals surface area contributed by atoms with E-state index in [0.717, 1.165) is 119 Å². The van der Waals surface area contributed by atoms with E-state index in [4.69, 9.17) is 14.8 Å². The Balaban J connectivity index is 0.631. The van der Waals surface area contributed by atoms with Gasteiger partial charge in [-0.15, -0.1) is 0 Å². The molecule has 3 atom stereocenters. The van der Waals surface area contributed by atoms with Gasteiger partial charge in [0, 0.05) is 93.3 Å². The van der Waals surface area contributed by atoms with Gasteiger partial charge in [-0.3, -0.25) is 34.6 Å². The van der Waals surface area contributed by atoms with Crippen molar-refractivity contribution in [3.63, 3.8) is 0 Å². The first-order valence-corrected chi connectivity index (χ1v) is 26.6. The number of carboxylic acid groups (broad SMARTS) is 1. The third-order valence-electron chi connectivity index (χ3n) is 16.0. The number of anilines is 3. The van der Waals surface area contributed by atoms with Crippen molar-refractivity contribution in [3.05, 3.63) is 125 Å². The minimum absolute atomic E-state index is 0.0199. The Hall–Kier alpha value is -7.61. The number of piperidine rings is 1. The summed E-state index contributed by atoms with van der Waals surface area (Å²) < 4.78 is 9.45. The molecule has 376 valence electrons. The smallest absolute Gasteiger partial charge is 0.355 e. The average molecular weight is 1010 g/mol. The zero-order valence-electron chi connectivity index (χ0n) is 41.5. The van der Waals surface area contributed by atoms with Crippen molar-refractivity contribution >= 4 is 72.8 Å². The molecule has 0 spiro atoms. The number of amides is 3. The van der Waals surface area contributed by atoms with Gasteiger partial charge in [0.05, 0.1) is 33.4 Å². The summed E-state index contributed by atoms with van der Waals surface area (Å²) in [5.41, 5.74) is 8.49. The second kappa shape index (κ2) is 19.7. The summed E-state index contributed by atoms with van der Waals surface area (Å²) in [6.07, 6.45) is 5.69. The number of nitrogens with one attached hydrogen (secondary N) is 2. The number of imide groups is 1. The number of ether oxygens (including phenoxy) is 1. The molecule has 2 aliphatic carbocycles. The zero-order chi connectivity index (χ0) is 50.6. The van der Waals surface area contributed by atoms with Crippen LogP contribution in [0.4, 0.5) is 16.6 Å². The number of pyridine rings is 1. The normalized spacial score (nSPS) is 21.9. The molecular formula is C58H57N9O6S. The molecule has 0 radical (unpaired) electrons. The Labute approximate surface area is 432 Å². The molecular weight excluding hydrogens is 951 g/mol. The van der Waals surface area contributed by atoms with Crippen LogP contribution in [0.5, 0.6) is 5.75 Å². The van der Waals surface area contributed by atoms with Crippen LogP contribution in [-0.2, 0) is 29.6 Å². The number of rotatable bonds is 12. The summed E-state index contributed by atoms with van der Waals surface area (Å²) in [7, 11) is 1.91. The summed E-state index contributed by atoms with van der Waals surface area (Å²) in [6, 6.07) is 29.6. The number of thiazole rings is 1. The SMILES string of the molecule is Cc1cc(OC2CCC([C@H]3C#C[C@@H]3CN3CCN(c4ccc5c(C6CCC(=O)NC6=O)nn(C)c5c4)CC3)CC2)ccc1-c1ccc(N2CCc3cccc(C(=O)Nc4nc5ccccc5s4)c3C2)nc1C(=O)O. The lowest BCUT2D eigenvalue weighted by Gasteiger charge is -2.41. The molecule has 3 fully saturated rings. The Morgan fingerprint density at radius 3 is 2.45 bits per heavy atom. The largest absolute Gasteiger partial charge is 0.490 e. The Kier molecular flexibility index (Phi) is 12.6. The van der Waals surface area contributed by atoms with Crippen LogP contribution in [0.3, 0.4) is 0 Å². The average Bonchev–Trinajstić information content (AvgIpc) is 3.97. The lowest BCUT2D eigenvalue weighted by molar-refractivity contribution is -0.134. The molecule has 5 aliphatic rings. The van der Waals surface area contributed by atoms with E-state index in [1.807, 2.05) is 96.3 Å². The Morgan fingerprint density at radius 1 is 0.851 bits per heavy atom. The zero-order valence-corrected chi connectivity index (χ0v) is 42.3. The standard InChI is InChI=1S/C58H57N9O6S/c1-34-30-40(16-19-41(34)43-20-22-51(60-54(43)57(71)72)67-25-24-35-6-5-7-44(47(35)33-67)55(69)62-58-59-48-8-3-4-9-50(48)74-58)73-39-14-10-36(11-15-39)42-17-12-37(42)32-65-26-28-66(29-27-65)38-13-18-45-49(31-38)64(2)63-53(45)46-21-23-52(68)61-56(46)70/h3-9,13,16,18-20,22,30-31,36-37,39,42,46H,10-11,14-15,21,23-29,32-33H2,1-2H3,(H,71,72)(H,59,62,69)(H,61,68,70)/t36?,37-,39?,42-,46?/m1/s1. The number of hydrogen-bond acceptors (Lipinski definition) is 12. The molecule has 3 N–H and O–H groups in total. The van der Waals surface area contributed by atoms with Crippen LogP contribution in [0, 0.1) is 36.5 Å². The highest BCUT2D eigenvalue weighted by Crippen LogP contribution is 2.40. The molecule has 3 amide bonds. The van der Waals surface area contributed by atoms with Crippen molar-refractivity contribution in [2.24, 2.45) is 24.8 Å². The number of carboxylic acids is 1. The molecule has 2 saturated heterocycles. The van der Waals surface area contributed by atoms with E-state index in [0.29, 0.717) is 72.2 Å². The second-order valence-corrected chi connectivity index (χ2v) is 21.5. The molecule has 3 aromatic heterocycles. The number of fused-ring (bicyclic) bond motifs is 3. The van der Waals surface area contributed by atoms with Crippen LogP contribution < -0.4 is 25.2 Å². The van der Waals surface area contributed by atoms with E-state index in [2.05, 4.69) is 55.5 Å². The molecule has 74 heavy (non-hydrogen) atoms. The fourth-order valence-electron chi connectivity index (χ4n) is 11.9. The minimum Gasteiger partial charge on any atom is -0.490 e. The topological polar surface area (TPSA) is 175 Å². The van der Waals surface area contributed by atoms with Gasteiger partial charge in [-0.05, 0) is 134 Å². The number of aryl methyl sites for hydroxylation is 2.